The van der Waals surface area contributed by atoms with Gasteiger partial charge in [0, 0.05) is 6.54 Å². The fourth-order valence-electron chi connectivity index (χ4n) is 1.86. The molecule has 0 amide bonds. The number of esters is 1. The van der Waals surface area contributed by atoms with E-state index in [4.69, 9.17) is 4.74 Å². The van der Waals surface area contributed by atoms with Crippen LogP contribution in [0.25, 0.3) is 0 Å². The molecule has 0 bridgehead atoms. The standard InChI is InChI=1S/C11H21NO2/c1-3-8-14-11(13)10-6-5-7-12(4-2)9-10/h10H,3-9H2,1-2H3. The summed E-state index contributed by atoms with van der Waals surface area (Å²) in [6.07, 6.45) is 3.04. The smallest absolute Gasteiger partial charge is 0.310 e. The van der Waals surface area contributed by atoms with Crippen LogP contribution in [0.1, 0.15) is 33.1 Å². The summed E-state index contributed by atoms with van der Waals surface area (Å²) in [4.78, 5) is 13.9. The number of rotatable bonds is 4. The molecule has 82 valence electrons. The first-order valence-corrected chi connectivity index (χ1v) is 5.66. The summed E-state index contributed by atoms with van der Waals surface area (Å²) in [5.74, 6) is 0.125. The lowest BCUT2D eigenvalue weighted by Crippen LogP contribution is -2.39. The van der Waals surface area contributed by atoms with Crippen LogP contribution in [-0.4, -0.2) is 37.1 Å². The van der Waals surface area contributed by atoms with Gasteiger partial charge in [-0.2, -0.15) is 0 Å². The van der Waals surface area contributed by atoms with E-state index in [1.54, 1.807) is 0 Å². The fraction of sp³-hybridized carbons (Fsp3) is 0.909. The second-order valence-electron chi connectivity index (χ2n) is 3.90. The molecule has 1 unspecified atom stereocenters. The normalized spacial score (nSPS) is 23.4. The molecule has 1 atom stereocenters. The van der Waals surface area contributed by atoms with Gasteiger partial charge in [0.2, 0.25) is 0 Å². The number of piperidine rings is 1. The lowest BCUT2D eigenvalue weighted by Gasteiger charge is -2.30. The molecule has 0 saturated carbocycles. The molecule has 0 aromatic rings. The Bertz CT molecular complexity index is 182. The zero-order valence-corrected chi connectivity index (χ0v) is 9.29. The third kappa shape index (κ3) is 3.29. The van der Waals surface area contributed by atoms with Gasteiger partial charge in [-0.3, -0.25) is 4.79 Å². The highest BCUT2D eigenvalue weighted by Crippen LogP contribution is 2.17. The minimum atomic E-state index is 0.00463. The van der Waals surface area contributed by atoms with Gasteiger partial charge in [0.25, 0.3) is 0 Å². The molecule has 0 N–H and O–H groups in total. The van der Waals surface area contributed by atoms with Crippen LogP contribution in [0.4, 0.5) is 0 Å². The molecule has 3 heteroatoms. The summed E-state index contributed by atoms with van der Waals surface area (Å²) < 4.78 is 5.16. The molecule has 0 aromatic heterocycles. The van der Waals surface area contributed by atoms with Gasteiger partial charge in [0.1, 0.15) is 0 Å². The van der Waals surface area contributed by atoms with Crippen molar-refractivity contribution >= 4 is 5.97 Å². The molecule has 0 spiro atoms. The van der Waals surface area contributed by atoms with E-state index in [1.807, 2.05) is 6.92 Å². The predicted molar refractivity (Wildman–Crippen MR) is 56.1 cm³/mol. The van der Waals surface area contributed by atoms with Crippen LogP contribution in [0.3, 0.4) is 0 Å². The van der Waals surface area contributed by atoms with Gasteiger partial charge in [-0.05, 0) is 32.4 Å². The molecule has 1 fully saturated rings. The molecule has 14 heavy (non-hydrogen) atoms. The highest BCUT2D eigenvalue weighted by atomic mass is 16.5. The topological polar surface area (TPSA) is 29.5 Å². The minimum Gasteiger partial charge on any atom is -0.465 e. The first-order chi connectivity index (χ1) is 6.77. The van der Waals surface area contributed by atoms with Crippen molar-refractivity contribution in [3.63, 3.8) is 0 Å². The number of likely N-dealkylation sites (tertiary alicyclic amines) is 1. The Morgan fingerprint density at radius 2 is 2.29 bits per heavy atom. The average molecular weight is 199 g/mol. The van der Waals surface area contributed by atoms with Gasteiger partial charge in [-0.25, -0.2) is 0 Å². The van der Waals surface area contributed by atoms with E-state index < -0.39 is 0 Å². The van der Waals surface area contributed by atoms with Gasteiger partial charge in [-0.1, -0.05) is 13.8 Å². The number of carbonyl (C=O) groups excluding carboxylic acids is 1. The second-order valence-corrected chi connectivity index (χ2v) is 3.90. The van der Waals surface area contributed by atoms with Crippen molar-refractivity contribution in [3.05, 3.63) is 0 Å². The second kappa shape index (κ2) is 6.02. The summed E-state index contributed by atoms with van der Waals surface area (Å²) >= 11 is 0. The van der Waals surface area contributed by atoms with E-state index in [-0.39, 0.29) is 11.9 Å². The van der Waals surface area contributed by atoms with Gasteiger partial charge in [0.05, 0.1) is 12.5 Å². The SMILES string of the molecule is CCCOC(=O)C1CCCN(CC)C1. The summed E-state index contributed by atoms with van der Waals surface area (Å²) in [6, 6.07) is 0. The Hall–Kier alpha value is -0.570. The Balaban J connectivity index is 2.31. The van der Waals surface area contributed by atoms with Crippen molar-refractivity contribution in [2.75, 3.05) is 26.2 Å². The van der Waals surface area contributed by atoms with Crippen molar-refractivity contribution in [2.45, 2.75) is 33.1 Å². The molecule has 0 aromatic carbocycles. The van der Waals surface area contributed by atoms with Crippen molar-refractivity contribution in [3.8, 4) is 0 Å². The number of nitrogens with zero attached hydrogens (tertiary/aromatic N) is 1. The fourth-order valence-corrected chi connectivity index (χ4v) is 1.86. The number of ether oxygens (including phenoxy) is 1. The van der Waals surface area contributed by atoms with Crippen LogP contribution in [0.15, 0.2) is 0 Å². The molecular weight excluding hydrogens is 178 g/mol. The lowest BCUT2D eigenvalue weighted by molar-refractivity contribution is -0.150. The Labute approximate surface area is 86.4 Å². The number of hydrogen-bond donors (Lipinski definition) is 0. The van der Waals surface area contributed by atoms with Crippen molar-refractivity contribution in [1.29, 1.82) is 0 Å². The lowest BCUT2D eigenvalue weighted by atomic mass is 9.98. The zero-order chi connectivity index (χ0) is 10.4. The largest absolute Gasteiger partial charge is 0.465 e. The van der Waals surface area contributed by atoms with Crippen LogP contribution in [0.2, 0.25) is 0 Å². The minimum absolute atomic E-state index is 0.00463. The number of hydrogen-bond acceptors (Lipinski definition) is 3. The quantitative estimate of drug-likeness (QED) is 0.645. The maximum atomic E-state index is 11.6. The predicted octanol–water partition coefficient (Wildman–Crippen LogP) is 1.67. The van der Waals surface area contributed by atoms with Gasteiger partial charge >= 0.3 is 5.97 Å². The van der Waals surface area contributed by atoms with Gasteiger partial charge < -0.3 is 9.64 Å². The van der Waals surface area contributed by atoms with Gasteiger partial charge in [0.15, 0.2) is 0 Å². The molecule has 3 nitrogen and oxygen atoms in total. The highest BCUT2D eigenvalue weighted by Gasteiger charge is 2.25. The third-order valence-corrected chi connectivity index (χ3v) is 2.73. The molecule has 1 rings (SSSR count). The maximum Gasteiger partial charge on any atom is 0.310 e. The molecule has 1 saturated heterocycles. The van der Waals surface area contributed by atoms with E-state index in [0.717, 1.165) is 38.9 Å². The van der Waals surface area contributed by atoms with E-state index in [2.05, 4.69) is 11.8 Å². The molecule has 1 heterocycles. The first kappa shape index (κ1) is 11.5. The maximum absolute atomic E-state index is 11.6. The summed E-state index contributed by atoms with van der Waals surface area (Å²) in [5, 5.41) is 0. The van der Waals surface area contributed by atoms with Crippen molar-refractivity contribution < 1.29 is 9.53 Å². The zero-order valence-electron chi connectivity index (χ0n) is 9.29. The molecule has 1 aliphatic rings. The van der Waals surface area contributed by atoms with Crippen LogP contribution in [-0.2, 0) is 9.53 Å². The van der Waals surface area contributed by atoms with Crippen molar-refractivity contribution in [2.24, 2.45) is 5.92 Å². The third-order valence-electron chi connectivity index (χ3n) is 2.73. The molecule has 0 radical (unpaired) electrons. The van der Waals surface area contributed by atoms with Crippen molar-refractivity contribution in [1.82, 2.24) is 4.90 Å². The Morgan fingerprint density at radius 3 is 2.93 bits per heavy atom. The molecule has 0 aliphatic carbocycles. The number of carbonyl (C=O) groups is 1. The monoisotopic (exact) mass is 199 g/mol. The first-order valence-electron chi connectivity index (χ1n) is 5.66. The van der Waals surface area contributed by atoms with Gasteiger partial charge in [-0.15, -0.1) is 0 Å². The molecule has 1 aliphatic heterocycles. The van der Waals surface area contributed by atoms with E-state index >= 15 is 0 Å². The van der Waals surface area contributed by atoms with Crippen LogP contribution in [0, 0.1) is 5.92 Å². The van der Waals surface area contributed by atoms with Crippen LogP contribution in [0.5, 0.6) is 0 Å². The van der Waals surface area contributed by atoms with E-state index in [0.29, 0.717) is 6.61 Å². The Kier molecular flexibility index (Phi) is 4.94. The summed E-state index contributed by atoms with van der Waals surface area (Å²) in [6.45, 7) is 7.79. The average Bonchev–Trinajstić information content (AvgIpc) is 2.26. The van der Waals surface area contributed by atoms with E-state index in [1.165, 1.54) is 0 Å². The highest BCUT2D eigenvalue weighted by molar-refractivity contribution is 5.72. The van der Waals surface area contributed by atoms with Crippen LogP contribution >= 0.6 is 0 Å². The van der Waals surface area contributed by atoms with E-state index in [9.17, 15) is 4.79 Å². The Morgan fingerprint density at radius 1 is 1.50 bits per heavy atom. The summed E-state index contributed by atoms with van der Waals surface area (Å²) in [7, 11) is 0. The van der Waals surface area contributed by atoms with Crippen LogP contribution < -0.4 is 0 Å². The molecular formula is C11H21NO2. The summed E-state index contributed by atoms with van der Waals surface area (Å²) in [5.41, 5.74) is 0.